The van der Waals surface area contributed by atoms with Gasteiger partial charge >= 0.3 is 0 Å². The highest BCUT2D eigenvalue weighted by atomic mass is 15.1. The number of pyridine rings is 1. The van der Waals surface area contributed by atoms with E-state index in [-0.39, 0.29) is 0 Å². The molecule has 0 saturated carbocycles. The number of benzene rings is 7. The number of nitrogens with zero attached hydrogens (tertiary/aromatic N) is 4. The van der Waals surface area contributed by atoms with Crippen LogP contribution in [0.15, 0.2) is 182 Å². The first-order valence-corrected chi connectivity index (χ1v) is 16.2. The molecule has 0 radical (unpaired) electrons. The van der Waals surface area contributed by atoms with E-state index in [1.54, 1.807) is 0 Å². The second-order valence-electron chi connectivity index (χ2n) is 11.9. The lowest BCUT2D eigenvalue weighted by Gasteiger charge is -2.26. The fraction of sp³-hybridized carbons (Fsp3) is 0. The van der Waals surface area contributed by atoms with E-state index in [2.05, 4.69) is 167 Å². The second-order valence-corrected chi connectivity index (χ2v) is 11.9. The quantitative estimate of drug-likeness (QED) is 0.187. The summed E-state index contributed by atoms with van der Waals surface area (Å²) in [5, 5.41) is 4.85. The van der Waals surface area contributed by atoms with Crippen LogP contribution in [-0.4, -0.2) is 14.5 Å². The number of anilines is 3. The minimum absolute atomic E-state index is 0.828. The molecular weight excluding hydrogens is 585 g/mol. The predicted molar refractivity (Wildman–Crippen MR) is 199 cm³/mol. The zero-order valence-corrected chi connectivity index (χ0v) is 26.1. The fourth-order valence-corrected chi connectivity index (χ4v) is 6.70. The Morgan fingerprint density at radius 2 is 1.02 bits per heavy atom. The van der Waals surface area contributed by atoms with Crippen molar-refractivity contribution >= 4 is 49.8 Å². The molecule has 0 bridgehead atoms. The molecule has 0 saturated heterocycles. The molecule has 0 atom stereocenters. The molecule has 0 aliphatic heterocycles. The van der Waals surface area contributed by atoms with E-state index in [0.29, 0.717) is 0 Å². The molecule has 0 aliphatic rings. The Morgan fingerprint density at radius 3 is 1.71 bits per heavy atom. The van der Waals surface area contributed by atoms with Crippen molar-refractivity contribution < 1.29 is 0 Å². The third-order valence-corrected chi connectivity index (χ3v) is 9.01. The molecule has 9 rings (SSSR count). The van der Waals surface area contributed by atoms with Gasteiger partial charge in [-0.05, 0) is 93.8 Å². The van der Waals surface area contributed by atoms with Gasteiger partial charge in [0.25, 0.3) is 0 Å². The van der Waals surface area contributed by atoms with Gasteiger partial charge in [0.15, 0.2) is 5.65 Å². The lowest BCUT2D eigenvalue weighted by molar-refractivity contribution is 1.08. The Bertz CT molecular complexity index is 2490. The monoisotopic (exact) mass is 614 g/mol. The van der Waals surface area contributed by atoms with Crippen molar-refractivity contribution in [1.29, 1.82) is 0 Å². The van der Waals surface area contributed by atoms with Crippen LogP contribution in [0.25, 0.3) is 60.9 Å². The lowest BCUT2D eigenvalue weighted by Crippen LogP contribution is -2.10. The zero-order valence-electron chi connectivity index (χ0n) is 26.1. The van der Waals surface area contributed by atoms with Gasteiger partial charge in [-0.1, -0.05) is 109 Å². The minimum atomic E-state index is 0.828. The molecule has 226 valence electrons. The van der Waals surface area contributed by atoms with Crippen LogP contribution in [0.5, 0.6) is 0 Å². The van der Waals surface area contributed by atoms with Crippen molar-refractivity contribution in [3.63, 3.8) is 0 Å². The Morgan fingerprint density at radius 1 is 0.438 bits per heavy atom. The molecule has 0 aliphatic carbocycles. The van der Waals surface area contributed by atoms with E-state index >= 15 is 0 Å². The van der Waals surface area contributed by atoms with E-state index in [1.807, 2.05) is 24.4 Å². The molecule has 7 aromatic carbocycles. The van der Waals surface area contributed by atoms with E-state index in [9.17, 15) is 0 Å². The highest BCUT2D eigenvalue weighted by molar-refractivity contribution is 5.93. The first kappa shape index (κ1) is 27.8. The summed E-state index contributed by atoms with van der Waals surface area (Å²) in [4.78, 5) is 12.3. The minimum Gasteiger partial charge on any atom is -0.310 e. The maximum atomic E-state index is 5.14. The van der Waals surface area contributed by atoms with Gasteiger partial charge in [-0.15, -0.1) is 0 Å². The average molecular weight is 615 g/mol. The van der Waals surface area contributed by atoms with Crippen LogP contribution in [0.4, 0.5) is 17.1 Å². The number of fused-ring (bicyclic) bond motifs is 3. The SMILES string of the molecule is c1ccc(-c2ccccc2-n2c(-c3ccc(N(c4ccc5ccccc5c4)c4ccc5ccccc5c4)cc3)nc3cccnc32)cc1. The van der Waals surface area contributed by atoms with E-state index in [4.69, 9.17) is 9.97 Å². The van der Waals surface area contributed by atoms with Crippen molar-refractivity contribution in [2.75, 3.05) is 4.90 Å². The first-order chi connectivity index (χ1) is 23.8. The van der Waals surface area contributed by atoms with Gasteiger partial charge in [-0.2, -0.15) is 0 Å². The molecule has 4 nitrogen and oxygen atoms in total. The molecular formula is C44H30N4. The number of para-hydroxylation sites is 1. The van der Waals surface area contributed by atoms with Crippen LogP contribution in [-0.2, 0) is 0 Å². The highest BCUT2D eigenvalue weighted by Gasteiger charge is 2.19. The largest absolute Gasteiger partial charge is 0.310 e. The zero-order chi connectivity index (χ0) is 31.9. The van der Waals surface area contributed by atoms with E-state index < -0.39 is 0 Å². The van der Waals surface area contributed by atoms with Gasteiger partial charge in [-0.3, -0.25) is 4.57 Å². The highest BCUT2D eigenvalue weighted by Crippen LogP contribution is 2.39. The molecule has 0 fully saturated rings. The van der Waals surface area contributed by atoms with Gasteiger partial charge in [-0.25, -0.2) is 9.97 Å². The van der Waals surface area contributed by atoms with Crippen molar-refractivity contribution in [2.45, 2.75) is 0 Å². The molecule has 0 N–H and O–H groups in total. The molecule has 2 heterocycles. The van der Waals surface area contributed by atoms with Gasteiger partial charge in [0.1, 0.15) is 11.3 Å². The average Bonchev–Trinajstić information content (AvgIpc) is 3.55. The Balaban J connectivity index is 1.20. The van der Waals surface area contributed by atoms with Crippen LogP contribution >= 0.6 is 0 Å². The maximum Gasteiger partial charge on any atom is 0.164 e. The molecule has 48 heavy (non-hydrogen) atoms. The summed E-state index contributed by atoms with van der Waals surface area (Å²) in [5.74, 6) is 0.849. The summed E-state index contributed by atoms with van der Waals surface area (Å²) in [6.07, 6.45) is 1.84. The summed E-state index contributed by atoms with van der Waals surface area (Å²) >= 11 is 0. The fourth-order valence-electron chi connectivity index (χ4n) is 6.70. The van der Waals surface area contributed by atoms with Crippen molar-refractivity contribution in [3.8, 4) is 28.2 Å². The third-order valence-electron chi connectivity index (χ3n) is 9.01. The van der Waals surface area contributed by atoms with E-state index in [0.717, 1.165) is 56.4 Å². The van der Waals surface area contributed by atoms with Gasteiger partial charge in [0.2, 0.25) is 0 Å². The number of rotatable bonds is 6. The predicted octanol–water partition coefficient (Wildman–Crippen LogP) is 11.5. The molecule has 0 amide bonds. The molecule has 2 aromatic heterocycles. The van der Waals surface area contributed by atoms with Crippen LogP contribution in [0, 0.1) is 0 Å². The summed E-state index contributed by atoms with van der Waals surface area (Å²) in [6, 6.07) is 62.1. The van der Waals surface area contributed by atoms with Crippen LogP contribution < -0.4 is 4.90 Å². The maximum absolute atomic E-state index is 5.14. The Hall–Kier alpha value is -6.52. The third kappa shape index (κ3) is 4.88. The van der Waals surface area contributed by atoms with Gasteiger partial charge in [0, 0.05) is 34.4 Å². The van der Waals surface area contributed by atoms with Crippen LogP contribution in [0.1, 0.15) is 0 Å². The lowest BCUT2D eigenvalue weighted by atomic mass is 10.0. The summed E-state index contributed by atoms with van der Waals surface area (Å²) in [6.45, 7) is 0. The summed E-state index contributed by atoms with van der Waals surface area (Å²) in [5.41, 5.74) is 9.27. The van der Waals surface area contributed by atoms with Crippen molar-refractivity contribution in [1.82, 2.24) is 14.5 Å². The summed E-state index contributed by atoms with van der Waals surface area (Å²) in [7, 11) is 0. The second kappa shape index (κ2) is 11.7. The Kier molecular flexibility index (Phi) is 6.76. The summed E-state index contributed by atoms with van der Waals surface area (Å²) < 4.78 is 2.19. The molecule has 4 heteroatoms. The number of hydrogen-bond acceptors (Lipinski definition) is 3. The number of hydrogen-bond donors (Lipinski definition) is 0. The topological polar surface area (TPSA) is 34.0 Å². The normalized spacial score (nSPS) is 11.3. The molecule has 9 aromatic rings. The smallest absolute Gasteiger partial charge is 0.164 e. The van der Waals surface area contributed by atoms with Crippen LogP contribution in [0.2, 0.25) is 0 Å². The molecule has 0 unspecified atom stereocenters. The number of imidazole rings is 1. The standard InChI is InChI=1S/C44H30N4/c1-2-13-33(14-3-1)40-17-8-9-19-42(40)48-43(46-41-18-10-28-45-44(41)48)34-22-24-37(25-23-34)47(38-26-20-31-11-4-6-15-35(31)29-38)39-27-21-32-12-5-7-16-36(32)30-39/h1-30H. The van der Waals surface area contributed by atoms with Gasteiger partial charge in [0.05, 0.1) is 5.69 Å². The first-order valence-electron chi connectivity index (χ1n) is 16.2. The number of aromatic nitrogens is 3. The van der Waals surface area contributed by atoms with Gasteiger partial charge < -0.3 is 4.90 Å². The van der Waals surface area contributed by atoms with Crippen molar-refractivity contribution in [3.05, 3.63) is 182 Å². The van der Waals surface area contributed by atoms with Crippen molar-refractivity contribution in [2.24, 2.45) is 0 Å². The van der Waals surface area contributed by atoms with E-state index in [1.165, 1.54) is 21.5 Å². The molecule has 0 spiro atoms. The Labute approximate surface area is 278 Å². The van der Waals surface area contributed by atoms with Crippen LogP contribution in [0.3, 0.4) is 0 Å².